The van der Waals surface area contributed by atoms with E-state index in [9.17, 15) is 25.0 Å². The summed E-state index contributed by atoms with van der Waals surface area (Å²) in [5.74, 6) is -1.63. The highest BCUT2D eigenvalue weighted by Gasteiger charge is 2.35. The lowest BCUT2D eigenvalue weighted by molar-refractivity contribution is -0.385. The molecular formula is C15H14ClN3O5. The molecule has 1 fully saturated rings. The molecule has 0 saturated heterocycles. The van der Waals surface area contributed by atoms with Gasteiger partial charge in [0.25, 0.3) is 11.6 Å². The van der Waals surface area contributed by atoms with E-state index in [0.29, 0.717) is 12.8 Å². The number of benzene rings is 1. The predicted octanol–water partition coefficient (Wildman–Crippen LogP) is 2.36. The van der Waals surface area contributed by atoms with Gasteiger partial charge in [0.05, 0.1) is 11.0 Å². The average Bonchev–Trinajstić information content (AvgIpc) is 3.01. The number of amides is 1. The number of carbonyl (C=O) groups excluding carboxylic acids is 2. The summed E-state index contributed by atoms with van der Waals surface area (Å²) in [6.45, 7) is -0.623. The molecule has 1 aromatic rings. The van der Waals surface area contributed by atoms with Crippen LogP contribution in [0.5, 0.6) is 0 Å². The second-order valence-corrected chi connectivity index (χ2v) is 5.88. The largest absolute Gasteiger partial charge is 0.452 e. The van der Waals surface area contributed by atoms with Gasteiger partial charge in [0.15, 0.2) is 6.61 Å². The van der Waals surface area contributed by atoms with E-state index >= 15 is 0 Å². The molecule has 2 rings (SSSR count). The van der Waals surface area contributed by atoms with E-state index in [4.69, 9.17) is 16.3 Å². The number of hydrogen-bond donors (Lipinski definition) is 1. The highest BCUT2D eigenvalue weighted by atomic mass is 35.5. The number of esters is 1. The fourth-order valence-corrected chi connectivity index (χ4v) is 2.75. The minimum Gasteiger partial charge on any atom is -0.452 e. The quantitative estimate of drug-likeness (QED) is 0.493. The van der Waals surface area contributed by atoms with Crippen molar-refractivity contribution in [2.45, 2.75) is 31.2 Å². The van der Waals surface area contributed by atoms with Gasteiger partial charge < -0.3 is 10.1 Å². The van der Waals surface area contributed by atoms with Crippen LogP contribution in [0.2, 0.25) is 5.02 Å². The molecule has 0 unspecified atom stereocenters. The number of nitriles is 1. The second-order valence-electron chi connectivity index (χ2n) is 5.44. The number of nitrogens with zero attached hydrogens (tertiary/aromatic N) is 2. The first-order valence-corrected chi connectivity index (χ1v) is 7.58. The monoisotopic (exact) mass is 351 g/mol. The Morgan fingerprint density at radius 2 is 2.08 bits per heavy atom. The first kappa shape index (κ1) is 17.7. The molecule has 1 N–H and O–H groups in total. The summed E-state index contributed by atoms with van der Waals surface area (Å²) in [5, 5.41) is 22.8. The lowest BCUT2D eigenvalue weighted by atomic mass is 10.00. The molecular weight excluding hydrogens is 338 g/mol. The molecule has 0 spiro atoms. The standard InChI is InChI=1S/C15H14ClN3O5/c16-10-3-4-11(12(7-10)19(22)23)14(21)24-8-13(20)18-15(9-17)5-1-2-6-15/h3-4,7H,1-2,5-6,8H2,(H,18,20). The maximum Gasteiger partial charge on any atom is 0.345 e. The van der Waals surface area contributed by atoms with Crippen molar-refractivity contribution in [3.05, 3.63) is 38.9 Å². The molecule has 0 aliphatic heterocycles. The van der Waals surface area contributed by atoms with Gasteiger partial charge in [-0.2, -0.15) is 5.26 Å². The number of rotatable bonds is 5. The van der Waals surface area contributed by atoms with E-state index in [-0.39, 0.29) is 10.6 Å². The molecule has 126 valence electrons. The van der Waals surface area contributed by atoms with Crippen molar-refractivity contribution < 1.29 is 19.2 Å². The number of halogens is 1. The normalized spacial score (nSPS) is 15.3. The van der Waals surface area contributed by atoms with Crippen molar-refractivity contribution in [2.75, 3.05) is 6.61 Å². The highest BCUT2D eigenvalue weighted by Crippen LogP contribution is 2.29. The summed E-state index contributed by atoms with van der Waals surface area (Å²) in [6, 6.07) is 5.59. The van der Waals surface area contributed by atoms with E-state index in [1.54, 1.807) is 0 Å². The van der Waals surface area contributed by atoms with Gasteiger partial charge in [0.2, 0.25) is 0 Å². The van der Waals surface area contributed by atoms with Gasteiger partial charge in [-0.15, -0.1) is 0 Å². The molecule has 9 heteroatoms. The van der Waals surface area contributed by atoms with Crippen molar-refractivity contribution in [1.29, 1.82) is 5.26 Å². The summed E-state index contributed by atoms with van der Waals surface area (Å²) < 4.78 is 4.81. The van der Waals surface area contributed by atoms with Gasteiger partial charge in [-0.1, -0.05) is 11.6 Å². The molecule has 1 saturated carbocycles. The maximum absolute atomic E-state index is 12.0. The van der Waals surface area contributed by atoms with Crippen LogP contribution in [0.3, 0.4) is 0 Å². The molecule has 1 aromatic carbocycles. The van der Waals surface area contributed by atoms with Crippen molar-refractivity contribution in [1.82, 2.24) is 5.32 Å². The van der Waals surface area contributed by atoms with Crippen molar-refractivity contribution in [3.63, 3.8) is 0 Å². The molecule has 8 nitrogen and oxygen atoms in total. The Labute approximate surface area is 142 Å². The van der Waals surface area contributed by atoms with Gasteiger partial charge in [0.1, 0.15) is 11.1 Å². The van der Waals surface area contributed by atoms with Crippen molar-refractivity contribution in [3.8, 4) is 6.07 Å². The van der Waals surface area contributed by atoms with Crippen LogP contribution >= 0.6 is 11.6 Å². The lowest BCUT2D eigenvalue weighted by Gasteiger charge is -2.21. The van der Waals surface area contributed by atoms with Crippen LogP contribution in [-0.2, 0) is 9.53 Å². The zero-order chi connectivity index (χ0) is 17.7. The predicted molar refractivity (Wildman–Crippen MR) is 83.3 cm³/mol. The Morgan fingerprint density at radius 3 is 2.67 bits per heavy atom. The van der Waals surface area contributed by atoms with Gasteiger partial charge in [0, 0.05) is 11.1 Å². The fraction of sp³-hybridized carbons (Fsp3) is 0.400. The Balaban J connectivity index is 2.00. The lowest BCUT2D eigenvalue weighted by Crippen LogP contribution is -2.46. The Hall–Kier alpha value is -2.66. The molecule has 0 atom stereocenters. The number of nitro groups is 1. The molecule has 0 bridgehead atoms. The Bertz CT molecular complexity index is 722. The van der Waals surface area contributed by atoms with Crippen LogP contribution in [0, 0.1) is 21.4 Å². The van der Waals surface area contributed by atoms with E-state index in [0.717, 1.165) is 25.0 Å². The van der Waals surface area contributed by atoms with Gasteiger partial charge in [-0.3, -0.25) is 14.9 Å². The average molecular weight is 352 g/mol. The topological polar surface area (TPSA) is 122 Å². The molecule has 1 aliphatic rings. The van der Waals surface area contributed by atoms with Crippen LogP contribution < -0.4 is 5.32 Å². The van der Waals surface area contributed by atoms with E-state index < -0.39 is 34.6 Å². The zero-order valence-electron chi connectivity index (χ0n) is 12.6. The summed E-state index contributed by atoms with van der Waals surface area (Å²) in [7, 11) is 0. The fourth-order valence-electron chi connectivity index (χ4n) is 2.58. The van der Waals surface area contributed by atoms with Crippen LogP contribution in [0.1, 0.15) is 36.0 Å². The Morgan fingerprint density at radius 1 is 1.42 bits per heavy atom. The molecule has 0 heterocycles. The van der Waals surface area contributed by atoms with Gasteiger partial charge in [-0.25, -0.2) is 4.79 Å². The smallest absolute Gasteiger partial charge is 0.345 e. The maximum atomic E-state index is 12.0. The van der Waals surface area contributed by atoms with Gasteiger partial charge in [-0.05, 0) is 37.8 Å². The third-order valence-corrected chi connectivity index (χ3v) is 4.00. The SMILES string of the molecule is N#CC1(NC(=O)COC(=O)c2ccc(Cl)cc2[N+](=O)[O-])CCCC1. The van der Waals surface area contributed by atoms with Crippen LogP contribution in [0.15, 0.2) is 18.2 Å². The van der Waals surface area contributed by atoms with E-state index in [1.807, 2.05) is 0 Å². The third-order valence-electron chi connectivity index (χ3n) is 3.76. The second kappa shape index (κ2) is 7.27. The van der Waals surface area contributed by atoms with Crippen LogP contribution in [0.25, 0.3) is 0 Å². The molecule has 1 aliphatic carbocycles. The third kappa shape index (κ3) is 4.00. The molecule has 0 radical (unpaired) electrons. The van der Waals surface area contributed by atoms with E-state index in [2.05, 4.69) is 11.4 Å². The first-order valence-electron chi connectivity index (χ1n) is 7.20. The van der Waals surface area contributed by atoms with E-state index in [1.165, 1.54) is 6.07 Å². The van der Waals surface area contributed by atoms with Gasteiger partial charge >= 0.3 is 5.97 Å². The minimum absolute atomic E-state index is 0.105. The number of nitro benzene ring substituents is 1. The van der Waals surface area contributed by atoms with Crippen molar-refractivity contribution >= 4 is 29.2 Å². The summed E-state index contributed by atoms with van der Waals surface area (Å²) in [6.07, 6.45) is 2.77. The number of nitrogens with one attached hydrogen (secondary N) is 1. The van der Waals surface area contributed by atoms with Crippen LogP contribution in [-0.4, -0.2) is 28.9 Å². The number of hydrogen-bond acceptors (Lipinski definition) is 6. The molecule has 0 aromatic heterocycles. The van der Waals surface area contributed by atoms with Crippen LogP contribution in [0.4, 0.5) is 5.69 Å². The highest BCUT2D eigenvalue weighted by molar-refractivity contribution is 6.31. The molecule has 1 amide bonds. The Kier molecular flexibility index (Phi) is 5.36. The van der Waals surface area contributed by atoms with Crippen molar-refractivity contribution in [2.24, 2.45) is 0 Å². The first-order chi connectivity index (χ1) is 11.4. The number of carbonyl (C=O) groups is 2. The number of ether oxygens (including phenoxy) is 1. The zero-order valence-corrected chi connectivity index (χ0v) is 13.3. The molecule has 24 heavy (non-hydrogen) atoms. The minimum atomic E-state index is -1.01. The summed E-state index contributed by atoms with van der Waals surface area (Å²) in [4.78, 5) is 34.0. The summed E-state index contributed by atoms with van der Waals surface area (Å²) in [5.41, 5.74) is -1.72. The summed E-state index contributed by atoms with van der Waals surface area (Å²) >= 11 is 5.67.